The van der Waals surface area contributed by atoms with E-state index in [-0.39, 0.29) is 0 Å². The molecule has 2 aromatic rings. The Hall–Kier alpha value is -0.740. The minimum absolute atomic E-state index is 0.743. The van der Waals surface area contributed by atoms with Crippen LogP contribution in [-0.2, 0) is 0 Å². The Kier molecular flexibility index (Phi) is 2.19. The highest BCUT2D eigenvalue weighted by Gasteiger charge is 1.99. The summed E-state index contributed by atoms with van der Waals surface area (Å²) in [5.74, 6) is 0.743. The fraction of sp³-hybridized carbons (Fsp3) is 0. The summed E-state index contributed by atoms with van der Waals surface area (Å²) in [6, 6.07) is 7.88. The van der Waals surface area contributed by atoms with Crippen molar-refractivity contribution in [1.29, 1.82) is 0 Å². The Bertz CT molecular complexity index is 355. The second-order valence-corrected chi connectivity index (χ2v) is 3.68. The van der Waals surface area contributed by atoms with Crippen molar-refractivity contribution in [1.82, 2.24) is 9.36 Å². The van der Waals surface area contributed by atoms with Crippen molar-refractivity contribution in [3.63, 3.8) is 0 Å². The zero-order valence-electron chi connectivity index (χ0n) is 5.99. The van der Waals surface area contributed by atoms with Crippen LogP contribution in [-0.4, -0.2) is 9.36 Å². The molecule has 0 amide bonds. The smallest absolute Gasteiger partial charge is 0.174 e. The SMILES string of the molecule is Brc1ccc(-c2n[c]sn2)cc1. The van der Waals surface area contributed by atoms with Crippen LogP contribution in [0.4, 0.5) is 0 Å². The van der Waals surface area contributed by atoms with Gasteiger partial charge in [0.25, 0.3) is 0 Å². The van der Waals surface area contributed by atoms with Crippen molar-refractivity contribution in [3.05, 3.63) is 34.2 Å². The van der Waals surface area contributed by atoms with Crippen LogP contribution in [0.15, 0.2) is 28.7 Å². The zero-order chi connectivity index (χ0) is 8.39. The first kappa shape index (κ1) is 7.89. The van der Waals surface area contributed by atoms with Gasteiger partial charge in [-0.15, -0.1) is 0 Å². The summed E-state index contributed by atoms with van der Waals surface area (Å²) in [5, 5.41) is 0. The number of halogens is 1. The number of hydrogen-bond donors (Lipinski definition) is 0. The summed E-state index contributed by atoms with van der Waals surface area (Å²) in [6.07, 6.45) is 0. The summed E-state index contributed by atoms with van der Waals surface area (Å²) < 4.78 is 5.14. The van der Waals surface area contributed by atoms with Gasteiger partial charge >= 0.3 is 0 Å². The lowest BCUT2D eigenvalue weighted by Crippen LogP contribution is -1.78. The van der Waals surface area contributed by atoms with E-state index in [9.17, 15) is 0 Å². The third-order valence-electron chi connectivity index (χ3n) is 1.43. The molecule has 59 valence electrons. The number of nitrogens with zero attached hydrogens (tertiary/aromatic N) is 2. The lowest BCUT2D eigenvalue weighted by Gasteiger charge is -1.93. The van der Waals surface area contributed by atoms with E-state index in [0.29, 0.717) is 0 Å². The molecule has 0 saturated carbocycles. The van der Waals surface area contributed by atoms with E-state index >= 15 is 0 Å². The number of rotatable bonds is 1. The Labute approximate surface area is 82.6 Å². The Morgan fingerprint density at radius 2 is 2.00 bits per heavy atom. The van der Waals surface area contributed by atoms with Crippen LogP contribution in [0.3, 0.4) is 0 Å². The molecule has 0 aliphatic rings. The summed E-state index contributed by atoms with van der Waals surface area (Å²) in [5.41, 5.74) is 3.74. The minimum atomic E-state index is 0.743. The molecule has 12 heavy (non-hydrogen) atoms. The summed E-state index contributed by atoms with van der Waals surface area (Å²) in [6.45, 7) is 0. The predicted octanol–water partition coefficient (Wildman–Crippen LogP) is 2.77. The first-order valence-corrected chi connectivity index (χ1v) is 4.88. The van der Waals surface area contributed by atoms with Gasteiger partial charge in [-0.05, 0) is 23.7 Å². The third-order valence-corrected chi connectivity index (χ3v) is 2.39. The molecule has 4 heteroatoms. The molecule has 1 radical (unpaired) electrons. The second kappa shape index (κ2) is 3.33. The van der Waals surface area contributed by atoms with Crippen LogP contribution < -0.4 is 0 Å². The van der Waals surface area contributed by atoms with Crippen molar-refractivity contribution in [2.24, 2.45) is 0 Å². The van der Waals surface area contributed by atoms with Gasteiger partial charge in [0.05, 0.1) is 0 Å². The first-order valence-electron chi connectivity index (χ1n) is 3.32. The van der Waals surface area contributed by atoms with Crippen LogP contribution in [0.2, 0.25) is 0 Å². The van der Waals surface area contributed by atoms with E-state index in [1.165, 1.54) is 11.5 Å². The Morgan fingerprint density at radius 3 is 2.58 bits per heavy atom. The number of aromatic nitrogens is 2. The zero-order valence-corrected chi connectivity index (χ0v) is 8.39. The molecule has 0 bridgehead atoms. The molecule has 0 saturated heterocycles. The van der Waals surface area contributed by atoms with E-state index in [4.69, 9.17) is 0 Å². The highest BCUT2D eigenvalue weighted by atomic mass is 79.9. The summed E-state index contributed by atoms with van der Waals surface area (Å²) >= 11 is 4.60. The minimum Gasteiger partial charge on any atom is -0.212 e. The highest BCUT2D eigenvalue weighted by molar-refractivity contribution is 9.10. The van der Waals surface area contributed by atoms with Crippen molar-refractivity contribution in [3.8, 4) is 11.4 Å². The van der Waals surface area contributed by atoms with Crippen molar-refractivity contribution < 1.29 is 0 Å². The van der Waals surface area contributed by atoms with Gasteiger partial charge in [-0.1, -0.05) is 28.1 Å². The van der Waals surface area contributed by atoms with E-state index in [1.54, 1.807) is 0 Å². The molecule has 1 heterocycles. The van der Waals surface area contributed by atoms with Crippen LogP contribution >= 0.6 is 27.5 Å². The van der Waals surface area contributed by atoms with Crippen LogP contribution in [0.5, 0.6) is 0 Å². The molecule has 1 aromatic carbocycles. The van der Waals surface area contributed by atoms with Crippen LogP contribution in [0, 0.1) is 5.51 Å². The quantitative estimate of drug-likeness (QED) is 0.765. The van der Waals surface area contributed by atoms with Gasteiger partial charge < -0.3 is 0 Å². The maximum atomic E-state index is 4.08. The second-order valence-electron chi connectivity index (χ2n) is 2.22. The molecule has 0 spiro atoms. The molecular formula is C8H4BrN2S. The van der Waals surface area contributed by atoms with Crippen molar-refractivity contribution in [2.45, 2.75) is 0 Å². The number of benzene rings is 1. The molecule has 0 atom stereocenters. The van der Waals surface area contributed by atoms with E-state index in [1.807, 2.05) is 24.3 Å². The molecule has 0 N–H and O–H groups in total. The molecule has 2 rings (SSSR count). The van der Waals surface area contributed by atoms with Gasteiger partial charge in [0.15, 0.2) is 11.3 Å². The van der Waals surface area contributed by atoms with Gasteiger partial charge in [0, 0.05) is 10.0 Å². The first-order chi connectivity index (χ1) is 5.86. The summed E-state index contributed by atoms with van der Waals surface area (Å²) in [7, 11) is 0. The monoisotopic (exact) mass is 239 g/mol. The average molecular weight is 240 g/mol. The van der Waals surface area contributed by atoms with Crippen LogP contribution in [0.25, 0.3) is 11.4 Å². The molecule has 0 unspecified atom stereocenters. The summed E-state index contributed by atoms with van der Waals surface area (Å²) in [4.78, 5) is 3.98. The van der Waals surface area contributed by atoms with Crippen molar-refractivity contribution >= 4 is 27.5 Å². The topological polar surface area (TPSA) is 25.8 Å². The largest absolute Gasteiger partial charge is 0.212 e. The maximum Gasteiger partial charge on any atom is 0.174 e. The lowest BCUT2D eigenvalue weighted by molar-refractivity contribution is 1.32. The maximum absolute atomic E-state index is 4.08. The standard InChI is InChI=1S/C8H4BrN2S/c9-7-3-1-6(2-4-7)8-10-5-12-11-8/h1-4H. The van der Waals surface area contributed by atoms with Gasteiger partial charge in [-0.2, -0.15) is 4.37 Å². The molecular weight excluding hydrogens is 236 g/mol. The average Bonchev–Trinajstić information content (AvgIpc) is 2.58. The van der Waals surface area contributed by atoms with E-state index < -0.39 is 0 Å². The van der Waals surface area contributed by atoms with Gasteiger partial charge in [0.2, 0.25) is 0 Å². The normalized spacial score (nSPS) is 10.1. The van der Waals surface area contributed by atoms with Crippen LogP contribution in [0.1, 0.15) is 0 Å². The Morgan fingerprint density at radius 1 is 1.25 bits per heavy atom. The van der Waals surface area contributed by atoms with Gasteiger partial charge in [0.1, 0.15) is 0 Å². The molecule has 1 aromatic heterocycles. The third kappa shape index (κ3) is 1.54. The fourth-order valence-corrected chi connectivity index (χ4v) is 1.53. The van der Waals surface area contributed by atoms with Crippen molar-refractivity contribution in [2.75, 3.05) is 0 Å². The molecule has 0 fully saturated rings. The van der Waals surface area contributed by atoms with Gasteiger partial charge in [-0.3, -0.25) is 0 Å². The molecule has 0 aliphatic heterocycles. The highest BCUT2D eigenvalue weighted by Crippen LogP contribution is 2.18. The lowest BCUT2D eigenvalue weighted by atomic mass is 10.2. The van der Waals surface area contributed by atoms with E-state index in [0.717, 1.165) is 15.9 Å². The Balaban J connectivity index is 2.43. The fourth-order valence-electron chi connectivity index (χ4n) is 0.864. The van der Waals surface area contributed by atoms with E-state index in [2.05, 4.69) is 30.8 Å². The van der Waals surface area contributed by atoms with Gasteiger partial charge in [-0.25, -0.2) is 4.98 Å². The molecule has 2 nitrogen and oxygen atoms in total. The number of hydrogen-bond acceptors (Lipinski definition) is 3. The molecule has 0 aliphatic carbocycles. The predicted molar refractivity (Wildman–Crippen MR) is 51.9 cm³/mol.